The van der Waals surface area contributed by atoms with Crippen molar-refractivity contribution in [2.75, 3.05) is 5.73 Å². The number of rotatable bonds is 8. The number of anilines is 1. The summed E-state index contributed by atoms with van der Waals surface area (Å²) in [5.74, 6) is -1.50. The van der Waals surface area contributed by atoms with Gasteiger partial charge >= 0.3 is 5.97 Å². The molecule has 13 nitrogen and oxygen atoms in total. The monoisotopic (exact) mass is 627 g/mol. The SMILES string of the molecule is Nc1nc(OCc2ccc(CNC(=O)c3ccc(-c4c5ccc(=O)cc-5oc5cc([O-])ccc45)c(C(=O)O)c3)cc2)c2[nH]cnc2n1. The number of hydrogen-bond acceptors (Lipinski definition) is 10. The lowest BCUT2D eigenvalue weighted by Crippen LogP contribution is -2.23. The summed E-state index contributed by atoms with van der Waals surface area (Å²) < 4.78 is 11.6. The molecule has 3 heterocycles. The molecule has 0 bridgehead atoms. The van der Waals surface area contributed by atoms with E-state index in [2.05, 4.69) is 25.3 Å². The van der Waals surface area contributed by atoms with E-state index >= 15 is 0 Å². The van der Waals surface area contributed by atoms with Gasteiger partial charge in [-0.25, -0.2) is 9.78 Å². The van der Waals surface area contributed by atoms with Gasteiger partial charge in [-0.05, 0) is 47.0 Å². The van der Waals surface area contributed by atoms with Crippen molar-refractivity contribution in [2.45, 2.75) is 13.2 Å². The fourth-order valence-corrected chi connectivity index (χ4v) is 5.34. The van der Waals surface area contributed by atoms with Gasteiger partial charge in [-0.3, -0.25) is 9.59 Å². The molecule has 0 fully saturated rings. The number of nitrogens with one attached hydrogen (secondary N) is 2. The number of H-pyrrole nitrogens is 1. The summed E-state index contributed by atoms with van der Waals surface area (Å²) in [5, 5.41) is 25.6. The third-order valence-electron chi connectivity index (χ3n) is 7.57. The van der Waals surface area contributed by atoms with Crippen molar-refractivity contribution in [3.63, 3.8) is 0 Å². The van der Waals surface area contributed by atoms with E-state index < -0.39 is 11.9 Å². The zero-order valence-corrected chi connectivity index (χ0v) is 24.3. The first-order valence-electron chi connectivity index (χ1n) is 14.2. The Balaban J connectivity index is 1.10. The highest BCUT2D eigenvalue weighted by Crippen LogP contribution is 2.42. The normalized spacial score (nSPS) is 11.2. The Kier molecular flexibility index (Phi) is 7.17. The Morgan fingerprint density at radius 2 is 1.74 bits per heavy atom. The van der Waals surface area contributed by atoms with Crippen LogP contribution in [0.4, 0.5) is 5.95 Å². The summed E-state index contributed by atoms with van der Waals surface area (Å²) in [6, 6.07) is 20.1. The fourth-order valence-electron chi connectivity index (χ4n) is 5.34. The number of aromatic nitrogens is 4. The van der Waals surface area contributed by atoms with Gasteiger partial charge in [0.2, 0.25) is 11.8 Å². The van der Waals surface area contributed by atoms with Crippen LogP contribution in [0.1, 0.15) is 31.8 Å². The summed E-state index contributed by atoms with van der Waals surface area (Å²) in [6.07, 6.45) is 1.48. The van der Waals surface area contributed by atoms with E-state index in [9.17, 15) is 24.6 Å². The fraction of sp³-hybridized carbons (Fsp3) is 0.0588. The van der Waals surface area contributed by atoms with Gasteiger partial charge in [-0.15, -0.1) is 5.75 Å². The van der Waals surface area contributed by atoms with Gasteiger partial charge in [0.1, 0.15) is 23.5 Å². The Labute approximate surface area is 264 Å². The molecule has 0 saturated carbocycles. The molecular weight excluding hydrogens is 604 g/mol. The highest BCUT2D eigenvalue weighted by atomic mass is 16.5. The smallest absolute Gasteiger partial charge is 0.336 e. The van der Waals surface area contributed by atoms with E-state index in [4.69, 9.17) is 14.9 Å². The van der Waals surface area contributed by atoms with Crippen molar-refractivity contribution in [3.8, 4) is 34.1 Å². The highest BCUT2D eigenvalue weighted by Gasteiger charge is 2.23. The molecule has 1 aliphatic carbocycles. The van der Waals surface area contributed by atoms with Gasteiger partial charge in [0.15, 0.2) is 11.1 Å². The van der Waals surface area contributed by atoms with Crippen LogP contribution < -0.4 is 26.3 Å². The number of nitrogens with two attached hydrogens (primary N) is 1. The van der Waals surface area contributed by atoms with Crippen molar-refractivity contribution in [1.29, 1.82) is 0 Å². The minimum atomic E-state index is -1.26. The lowest BCUT2D eigenvalue weighted by molar-refractivity contribution is -0.268. The maximum absolute atomic E-state index is 13.1. The van der Waals surface area contributed by atoms with E-state index in [1.54, 1.807) is 18.2 Å². The standard InChI is InChI=1S/C34H24N6O7/c35-34-39-30-29(37-16-38-30)32(40-34)46-15-18-3-1-17(2-4-18)14-36-31(43)19-5-8-22(25(11-19)33(44)45)28-23-9-6-20(41)12-26(23)47-27-13-21(42)7-10-24(27)28/h1-13,16,41H,14-15H2,(H,36,43)(H,44,45)(H3,35,37,38,39,40)/p-1. The molecule has 7 rings (SSSR count). The predicted octanol–water partition coefficient (Wildman–Crippen LogP) is 4.09. The average molecular weight is 628 g/mol. The number of fused-ring (bicyclic) bond motifs is 3. The number of carbonyl (C=O) groups is 2. The summed E-state index contributed by atoms with van der Waals surface area (Å²) in [6.45, 7) is 0.392. The van der Waals surface area contributed by atoms with E-state index in [1.165, 1.54) is 42.7 Å². The minimum Gasteiger partial charge on any atom is -0.872 e. The van der Waals surface area contributed by atoms with E-state index in [1.807, 2.05) is 24.3 Å². The largest absolute Gasteiger partial charge is 0.872 e. The van der Waals surface area contributed by atoms with Crippen molar-refractivity contribution < 1.29 is 29.0 Å². The lowest BCUT2D eigenvalue weighted by atomic mass is 9.90. The molecule has 0 spiro atoms. The maximum Gasteiger partial charge on any atom is 0.336 e. The van der Waals surface area contributed by atoms with Crippen LogP contribution in [0.25, 0.3) is 44.6 Å². The van der Waals surface area contributed by atoms with Crippen molar-refractivity contribution >= 4 is 40.0 Å². The van der Waals surface area contributed by atoms with E-state index in [0.717, 1.165) is 11.1 Å². The molecule has 47 heavy (non-hydrogen) atoms. The first kappa shape index (κ1) is 29.0. The number of carbonyl (C=O) groups excluding carboxylic acids is 1. The van der Waals surface area contributed by atoms with Crippen LogP contribution in [0.2, 0.25) is 0 Å². The number of nitrogen functional groups attached to an aromatic ring is 1. The lowest BCUT2D eigenvalue weighted by Gasteiger charge is -2.18. The van der Waals surface area contributed by atoms with Crippen molar-refractivity contribution in [2.24, 2.45) is 0 Å². The molecule has 0 unspecified atom stereocenters. The maximum atomic E-state index is 13.1. The zero-order chi connectivity index (χ0) is 32.7. The number of carboxylic acids is 1. The summed E-state index contributed by atoms with van der Waals surface area (Å²) in [5.41, 5.74) is 9.49. The Bertz CT molecular complexity index is 2360. The summed E-state index contributed by atoms with van der Waals surface area (Å²) >= 11 is 0. The van der Waals surface area contributed by atoms with Crippen LogP contribution in [0.5, 0.6) is 11.6 Å². The van der Waals surface area contributed by atoms with Gasteiger partial charge in [-0.1, -0.05) is 42.5 Å². The van der Waals surface area contributed by atoms with Crippen LogP contribution >= 0.6 is 0 Å². The molecule has 1 aliphatic heterocycles. The molecule has 5 N–H and O–H groups in total. The first-order chi connectivity index (χ1) is 22.7. The summed E-state index contributed by atoms with van der Waals surface area (Å²) in [7, 11) is 0. The number of benzene rings is 4. The number of hydrogen-bond donors (Lipinski definition) is 4. The second-order valence-corrected chi connectivity index (χ2v) is 10.6. The number of carboxylic acid groups (broad SMARTS) is 1. The third kappa shape index (κ3) is 5.64. The molecule has 13 heteroatoms. The van der Waals surface area contributed by atoms with Crippen LogP contribution in [-0.4, -0.2) is 36.9 Å². The van der Waals surface area contributed by atoms with Crippen molar-refractivity contribution in [1.82, 2.24) is 25.3 Å². The topological polar surface area (TPSA) is 209 Å². The summed E-state index contributed by atoms with van der Waals surface area (Å²) in [4.78, 5) is 52.8. The molecule has 0 atom stereocenters. The van der Waals surface area contributed by atoms with Gasteiger partial charge in [0, 0.05) is 34.7 Å². The van der Waals surface area contributed by atoms with Crippen LogP contribution in [0, 0.1) is 0 Å². The number of aromatic amines is 1. The number of amides is 1. The molecule has 232 valence electrons. The van der Waals surface area contributed by atoms with Gasteiger partial charge < -0.3 is 35.4 Å². The average Bonchev–Trinajstić information content (AvgIpc) is 3.54. The number of imidazole rings is 1. The number of ether oxygens (including phenoxy) is 1. The molecule has 0 radical (unpaired) electrons. The van der Waals surface area contributed by atoms with Gasteiger partial charge in [0.25, 0.3) is 5.91 Å². The second-order valence-electron chi connectivity index (χ2n) is 10.6. The number of aromatic carboxylic acids is 1. The van der Waals surface area contributed by atoms with Crippen LogP contribution in [0.3, 0.4) is 0 Å². The molecule has 2 aliphatic rings. The highest BCUT2D eigenvalue weighted by molar-refractivity contribution is 6.09. The number of nitrogens with zero attached hydrogens (tertiary/aromatic N) is 3. The zero-order valence-electron chi connectivity index (χ0n) is 24.3. The third-order valence-corrected chi connectivity index (χ3v) is 7.57. The quantitative estimate of drug-likeness (QED) is 0.176. The molecule has 1 amide bonds. The van der Waals surface area contributed by atoms with E-state index in [-0.39, 0.29) is 58.6 Å². The predicted molar refractivity (Wildman–Crippen MR) is 169 cm³/mol. The van der Waals surface area contributed by atoms with Crippen LogP contribution in [-0.2, 0) is 13.2 Å². The molecule has 3 aromatic carbocycles. The van der Waals surface area contributed by atoms with Crippen molar-refractivity contribution in [3.05, 3.63) is 118 Å². The Morgan fingerprint density at radius 1 is 0.957 bits per heavy atom. The van der Waals surface area contributed by atoms with Gasteiger partial charge in [-0.2, -0.15) is 9.97 Å². The van der Waals surface area contributed by atoms with E-state index in [0.29, 0.717) is 33.2 Å². The Hall–Kier alpha value is -6.76. The second kappa shape index (κ2) is 11.6. The molecule has 0 saturated heterocycles. The van der Waals surface area contributed by atoms with Gasteiger partial charge in [0.05, 0.1) is 11.9 Å². The minimum absolute atomic E-state index is 0.0478. The Morgan fingerprint density at radius 3 is 2.55 bits per heavy atom. The van der Waals surface area contributed by atoms with Crippen LogP contribution in [0.15, 0.2) is 94.4 Å². The molecule has 5 aromatic rings. The molecule has 2 aromatic heterocycles. The molecular formula is C34H23N6O7-. The first-order valence-corrected chi connectivity index (χ1v) is 14.2.